The quantitative estimate of drug-likeness (QED) is 0.827. The molecule has 0 spiro atoms. The van der Waals surface area contributed by atoms with Crippen LogP contribution in [0.1, 0.15) is 36.9 Å². The van der Waals surface area contributed by atoms with Crippen molar-refractivity contribution >= 4 is 6.09 Å². The van der Waals surface area contributed by atoms with E-state index < -0.39 is 0 Å². The molecule has 0 bridgehead atoms. The van der Waals surface area contributed by atoms with E-state index in [9.17, 15) is 4.79 Å². The van der Waals surface area contributed by atoms with Gasteiger partial charge in [0.05, 0.1) is 13.2 Å². The van der Waals surface area contributed by atoms with Crippen LogP contribution in [0.15, 0.2) is 54.6 Å². The molecule has 0 N–H and O–H groups in total. The number of benzene rings is 2. The molecule has 0 saturated carbocycles. The van der Waals surface area contributed by atoms with Crippen LogP contribution in [0.25, 0.3) is 0 Å². The largest absolute Gasteiger partial charge is 0.489 e. The number of ether oxygens (including phenoxy) is 2. The third-order valence-corrected chi connectivity index (χ3v) is 4.57. The molecule has 1 fully saturated rings. The molecule has 0 radical (unpaired) electrons. The molecule has 2 aromatic rings. The monoisotopic (exact) mass is 325 g/mol. The van der Waals surface area contributed by atoms with Gasteiger partial charge < -0.3 is 9.47 Å². The van der Waals surface area contributed by atoms with Gasteiger partial charge in [0, 0.05) is 6.04 Å². The second kappa shape index (κ2) is 7.39. The fourth-order valence-corrected chi connectivity index (χ4v) is 3.25. The summed E-state index contributed by atoms with van der Waals surface area (Å²) in [5.74, 6) is 0.832. The predicted octanol–water partition coefficient (Wildman–Crippen LogP) is 4.56. The number of amides is 1. The van der Waals surface area contributed by atoms with Gasteiger partial charge in [0.1, 0.15) is 12.4 Å². The Balaban J connectivity index is 1.66. The molecular formula is C20H23NO3. The minimum absolute atomic E-state index is 0.0793. The fraction of sp³-hybridized carbons (Fsp3) is 0.350. The Bertz CT molecular complexity index is 669. The van der Waals surface area contributed by atoms with Crippen LogP contribution in [0.5, 0.6) is 5.75 Å². The molecule has 4 heteroatoms. The maximum Gasteiger partial charge on any atom is 0.410 e. The van der Waals surface area contributed by atoms with Gasteiger partial charge in [-0.1, -0.05) is 42.5 Å². The van der Waals surface area contributed by atoms with Gasteiger partial charge in [0.15, 0.2) is 0 Å². The van der Waals surface area contributed by atoms with Gasteiger partial charge in [-0.05, 0) is 43.0 Å². The Morgan fingerprint density at radius 3 is 2.46 bits per heavy atom. The van der Waals surface area contributed by atoms with Crippen LogP contribution in [0.2, 0.25) is 0 Å². The highest BCUT2D eigenvalue weighted by Gasteiger charge is 2.35. The number of rotatable bonds is 4. The van der Waals surface area contributed by atoms with Crippen LogP contribution >= 0.6 is 0 Å². The summed E-state index contributed by atoms with van der Waals surface area (Å²) in [4.78, 5) is 13.8. The molecule has 0 aliphatic carbocycles. The first-order valence-corrected chi connectivity index (χ1v) is 8.32. The van der Waals surface area contributed by atoms with Crippen molar-refractivity contribution < 1.29 is 14.3 Å². The van der Waals surface area contributed by atoms with E-state index >= 15 is 0 Å². The average Bonchev–Trinajstić information content (AvgIpc) is 3.02. The number of nitrogens with zero attached hydrogens (tertiary/aromatic N) is 1. The number of likely N-dealkylation sites (tertiary alicyclic amines) is 1. The molecule has 1 unspecified atom stereocenters. The van der Waals surface area contributed by atoms with Gasteiger partial charge in [-0.15, -0.1) is 0 Å². The zero-order valence-electron chi connectivity index (χ0n) is 14.1. The number of carbonyl (C=O) groups is 1. The van der Waals surface area contributed by atoms with Crippen molar-refractivity contribution in [1.29, 1.82) is 0 Å². The summed E-state index contributed by atoms with van der Waals surface area (Å²) in [6.45, 7) is 2.61. The summed E-state index contributed by atoms with van der Waals surface area (Å²) in [6, 6.07) is 18.4. The molecule has 1 saturated heterocycles. The van der Waals surface area contributed by atoms with E-state index in [1.54, 1.807) is 0 Å². The molecule has 1 aliphatic rings. The Kier molecular flexibility index (Phi) is 5.04. The first-order valence-electron chi connectivity index (χ1n) is 8.32. The Hall–Kier alpha value is -2.49. The molecule has 2 aromatic carbocycles. The van der Waals surface area contributed by atoms with E-state index in [-0.39, 0.29) is 18.2 Å². The van der Waals surface area contributed by atoms with E-state index in [0.29, 0.717) is 6.61 Å². The maximum absolute atomic E-state index is 12.0. The van der Waals surface area contributed by atoms with Crippen molar-refractivity contribution in [2.24, 2.45) is 0 Å². The molecular weight excluding hydrogens is 302 g/mol. The molecule has 1 aliphatic heterocycles. The highest BCUT2D eigenvalue weighted by Crippen LogP contribution is 2.36. The third kappa shape index (κ3) is 3.53. The van der Waals surface area contributed by atoms with Crippen LogP contribution in [-0.4, -0.2) is 24.1 Å². The van der Waals surface area contributed by atoms with Crippen molar-refractivity contribution in [3.63, 3.8) is 0 Å². The van der Waals surface area contributed by atoms with Crippen LogP contribution in [-0.2, 0) is 11.3 Å². The summed E-state index contributed by atoms with van der Waals surface area (Å²) < 4.78 is 10.8. The molecule has 4 nitrogen and oxygen atoms in total. The van der Waals surface area contributed by atoms with Crippen molar-refractivity contribution in [3.8, 4) is 5.75 Å². The lowest BCUT2D eigenvalue weighted by Gasteiger charge is -2.27. The van der Waals surface area contributed by atoms with Crippen LogP contribution in [0.3, 0.4) is 0 Å². The fourth-order valence-electron chi connectivity index (χ4n) is 3.25. The third-order valence-electron chi connectivity index (χ3n) is 4.57. The minimum Gasteiger partial charge on any atom is -0.489 e. The number of methoxy groups -OCH3 is 1. The van der Waals surface area contributed by atoms with Gasteiger partial charge >= 0.3 is 6.09 Å². The Labute approximate surface area is 143 Å². The number of carbonyl (C=O) groups excluding carboxylic acids is 1. The van der Waals surface area contributed by atoms with Gasteiger partial charge in [0.25, 0.3) is 0 Å². The molecule has 1 heterocycles. The Morgan fingerprint density at radius 1 is 1.08 bits per heavy atom. The van der Waals surface area contributed by atoms with Gasteiger partial charge in [-0.3, -0.25) is 4.90 Å². The lowest BCUT2D eigenvalue weighted by Crippen LogP contribution is -2.35. The zero-order chi connectivity index (χ0) is 16.9. The van der Waals surface area contributed by atoms with Gasteiger partial charge in [0.2, 0.25) is 0 Å². The van der Waals surface area contributed by atoms with E-state index in [4.69, 9.17) is 9.47 Å². The predicted molar refractivity (Wildman–Crippen MR) is 92.9 cm³/mol. The highest BCUT2D eigenvalue weighted by molar-refractivity contribution is 5.69. The van der Waals surface area contributed by atoms with Gasteiger partial charge in [-0.2, -0.15) is 0 Å². The molecule has 0 aromatic heterocycles. The van der Waals surface area contributed by atoms with Gasteiger partial charge in [-0.25, -0.2) is 4.79 Å². The highest BCUT2D eigenvalue weighted by atomic mass is 16.5. The lowest BCUT2D eigenvalue weighted by molar-refractivity contribution is 0.105. The summed E-state index contributed by atoms with van der Waals surface area (Å²) >= 11 is 0. The molecule has 126 valence electrons. The molecule has 2 atom stereocenters. The summed E-state index contributed by atoms with van der Waals surface area (Å²) in [5, 5.41) is 0. The first-order chi connectivity index (χ1) is 11.7. The van der Waals surface area contributed by atoms with E-state index in [1.807, 2.05) is 59.5 Å². The van der Waals surface area contributed by atoms with E-state index in [1.165, 1.54) is 7.11 Å². The van der Waals surface area contributed by atoms with Crippen LogP contribution in [0.4, 0.5) is 4.79 Å². The summed E-state index contributed by atoms with van der Waals surface area (Å²) in [5.41, 5.74) is 2.26. The molecule has 24 heavy (non-hydrogen) atoms. The van der Waals surface area contributed by atoms with Crippen LogP contribution in [0, 0.1) is 0 Å². The average molecular weight is 325 g/mol. The summed E-state index contributed by atoms with van der Waals surface area (Å²) in [6.07, 6.45) is 1.70. The van der Waals surface area contributed by atoms with E-state index in [0.717, 1.165) is 29.7 Å². The minimum atomic E-state index is -0.255. The normalized spacial score (nSPS) is 20.0. The maximum atomic E-state index is 12.0. The van der Waals surface area contributed by atoms with Crippen molar-refractivity contribution in [3.05, 3.63) is 65.7 Å². The topological polar surface area (TPSA) is 38.8 Å². The van der Waals surface area contributed by atoms with E-state index in [2.05, 4.69) is 6.92 Å². The van der Waals surface area contributed by atoms with Crippen LogP contribution < -0.4 is 4.74 Å². The SMILES string of the molecule is COC(=O)N1C(C)CC[C@H]1c1ccc(OCc2ccccc2)cc1. The first kappa shape index (κ1) is 16.4. The molecule has 3 rings (SSSR count). The smallest absolute Gasteiger partial charge is 0.410 e. The zero-order valence-corrected chi connectivity index (χ0v) is 14.1. The standard InChI is InChI=1S/C20H23NO3/c1-15-8-13-19(21(15)20(22)23-2)17-9-11-18(12-10-17)24-14-16-6-4-3-5-7-16/h3-7,9-12,15,19H,8,13-14H2,1-2H3/t15?,19-/m0/s1. The second-order valence-corrected chi connectivity index (χ2v) is 6.16. The number of hydrogen-bond acceptors (Lipinski definition) is 3. The Morgan fingerprint density at radius 2 is 1.79 bits per heavy atom. The molecule has 1 amide bonds. The van der Waals surface area contributed by atoms with Crippen molar-refractivity contribution in [1.82, 2.24) is 4.90 Å². The number of hydrogen-bond donors (Lipinski definition) is 0. The lowest BCUT2D eigenvalue weighted by atomic mass is 10.0. The van der Waals surface area contributed by atoms with Crippen molar-refractivity contribution in [2.45, 2.75) is 38.5 Å². The van der Waals surface area contributed by atoms with Crippen molar-refractivity contribution in [2.75, 3.05) is 7.11 Å². The summed E-state index contributed by atoms with van der Waals surface area (Å²) in [7, 11) is 1.44. The second-order valence-electron chi connectivity index (χ2n) is 6.16.